The van der Waals surface area contributed by atoms with Gasteiger partial charge in [0, 0.05) is 32.2 Å². The van der Waals surface area contributed by atoms with E-state index in [9.17, 15) is 0 Å². The van der Waals surface area contributed by atoms with Gasteiger partial charge in [-0.15, -0.1) is 12.4 Å². The summed E-state index contributed by atoms with van der Waals surface area (Å²) in [7, 11) is 0. The van der Waals surface area contributed by atoms with Gasteiger partial charge in [0.2, 0.25) is 0 Å². The topological polar surface area (TPSA) is 18.5 Å². The minimum absolute atomic E-state index is 0. The van der Waals surface area contributed by atoms with Gasteiger partial charge in [-0.1, -0.05) is 6.92 Å². The van der Waals surface area contributed by atoms with Crippen LogP contribution < -0.4 is 5.32 Å². The molecule has 15 heavy (non-hydrogen) atoms. The second-order valence-corrected chi connectivity index (χ2v) is 4.45. The summed E-state index contributed by atoms with van der Waals surface area (Å²) in [6.45, 7) is 11.1. The Labute approximate surface area is 99.6 Å². The zero-order valence-electron chi connectivity index (χ0n) is 9.74. The molecule has 4 heteroatoms. The molecule has 2 aliphatic rings. The maximum Gasteiger partial charge on any atom is 0.0120 e. The normalized spacial score (nSPS) is 26.2. The Morgan fingerprint density at radius 2 is 1.67 bits per heavy atom. The number of halogens is 1. The summed E-state index contributed by atoms with van der Waals surface area (Å²) in [5.74, 6) is 0. The number of hydrogen-bond acceptors (Lipinski definition) is 3. The molecule has 0 aromatic heterocycles. The van der Waals surface area contributed by atoms with Crippen LogP contribution in [0.4, 0.5) is 0 Å². The highest BCUT2D eigenvalue weighted by molar-refractivity contribution is 5.85. The number of likely N-dealkylation sites (N-methyl/N-ethyl adjacent to an activating group) is 1. The highest BCUT2D eigenvalue weighted by Gasteiger charge is 2.23. The summed E-state index contributed by atoms with van der Waals surface area (Å²) in [4.78, 5) is 5.25. The van der Waals surface area contributed by atoms with Crippen molar-refractivity contribution in [3.63, 3.8) is 0 Å². The lowest BCUT2D eigenvalue weighted by molar-refractivity contribution is 0.0848. The molecule has 0 amide bonds. The highest BCUT2D eigenvalue weighted by Crippen LogP contribution is 2.13. The van der Waals surface area contributed by atoms with E-state index in [-0.39, 0.29) is 12.4 Å². The Morgan fingerprint density at radius 1 is 1.07 bits per heavy atom. The Bertz CT molecular complexity index is 163. The maximum atomic E-state index is 3.44. The average molecular weight is 234 g/mol. The van der Waals surface area contributed by atoms with E-state index in [1.54, 1.807) is 0 Å². The Balaban J connectivity index is 0.00000112. The Morgan fingerprint density at radius 3 is 2.20 bits per heavy atom. The van der Waals surface area contributed by atoms with Crippen LogP contribution >= 0.6 is 12.4 Å². The molecule has 0 unspecified atom stereocenters. The van der Waals surface area contributed by atoms with Crippen LogP contribution in [0.15, 0.2) is 0 Å². The molecule has 90 valence electrons. The smallest absolute Gasteiger partial charge is 0.0120 e. The van der Waals surface area contributed by atoms with Crippen molar-refractivity contribution in [1.29, 1.82) is 0 Å². The fraction of sp³-hybridized carbons (Fsp3) is 1.00. The van der Waals surface area contributed by atoms with Crippen molar-refractivity contribution in [3.8, 4) is 0 Å². The minimum Gasteiger partial charge on any atom is -0.317 e. The molecule has 0 aromatic carbocycles. The summed E-state index contributed by atoms with van der Waals surface area (Å²) in [6.07, 6.45) is 2.71. The molecule has 2 rings (SSSR count). The third kappa shape index (κ3) is 3.59. The van der Waals surface area contributed by atoms with Crippen LogP contribution in [-0.2, 0) is 0 Å². The van der Waals surface area contributed by atoms with E-state index in [1.165, 1.54) is 58.7 Å². The standard InChI is InChI=1S/C11H23N3.ClH/c1-2-13-7-9-14(10-8-13)11-3-5-12-6-4-11;/h11-12H,2-10H2,1H3;1H. The van der Waals surface area contributed by atoms with Crippen molar-refractivity contribution in [2.75, 3.05) is 45.8 Å². The van der Waals surface area contributed by atoms with Crippen LogP contribution in [0.2, 0.25) is 0 Å². The highest BCUT2D eigenvalue weighted by atomic mass is 35.5. The molecule has 0 atom stereocenters. The van der Waals surface area contributed by atoms with E-state index in [0.717, 1.165) is 6.04 Å². The van der Waals surface area contributed by atoms with Crippen molar-refractivity contribution in [1.82, 2.24) is 15.1 Å². The first-order chi connectivity index (χ1) is 6.90. The quantitative estimate of drug-likeness (QED) is 0.761. The maximum absolute atomic E-state index is 3.44. The van der Waals surface area contributed by atoms with E-state index in [1.807, 2.05) is 0 Å². The number of hydrogen-bond donors (Lipinski definition) is 1. The van der Waals surface area contributed by atoms with Crippen LogP contribution in [0.1, 0.15) is 19.8 Å². The van der Waals surface area contributed by atoms with Crippen molar-refractivity contribution in [2.24, 2.45) is 0 Å². The number of nitrogens with zero attached hydrogens (tertiary/aromatic N) is 2. The van der Waals surface area contributed by atoms with Gasteiger partial charge < -0.3 is 10.2 Å². The van der Waals surface area contributed by atoms with Crippen molar-refractivity contribution < 1.29 is 0 Å². The SMILES string of the molecule is CCN1CCN(C2CCNCC2)CC1.Cl. The molecule has 2 saturated heterocycles. The third-order valence-corrected chi connectivity index (χ3v) is 3.68. The fourth-order valence-electron chi connectivity index (χ4n) is 2.62. The van der Waals surface area contributed by atoms with E-state index in [2.05, 4.69) is 22.0 Å². The lowest BCUT2D eigenvalue weighted by Gasteiger charge is -2.40. The van der Waals surface area contributed by atoms with Gasteiger partial charge in [-0.3, -0.25) is 4.90 Å². The van der Waals surface area contributed by atoms with E-state index >= 15 is 0 Å². The molecule has 0 bridgehead atoms. The van der Waals surface area contributed by atoms with Crippen molar-refractivity contribution in [3.05, 3.63) is 0 Å². The van der Waals surface area contributed by atoms with E-state index < -0.39 is 0 Å². The van der Waals surface area contributed by atoms with Crippen LogP contribution in [0.25, 0.3) is 0 Å². The summed E-state index contributed by atoms with van der Waals surface area (Å²) < 4.78 is 0. The third-order valence-electron chi connectivity index (χ3n) is 3.68. The summed E-state index contributed by atoms with van der Waals surface area (Å²) in [5.41, 5.74) is 0. The van der Waals surface area contributed by atoms with Gasteiger partial charge in [-0.05, 0) is 32.5 Å². The van der Waals surface area contributed by atoms with Gasteiger partial charge in [-0.2, -0.15) is 0 Å². The van der Waals surface area contributed by atoms with Gasteiger partial charge in [0.25, 0.3) is 0 Å². The number of piperazine rings is 1. The average Bonchev–Trinajstić information content (AvgIpc) is 2.30. The lowest BCUT2D eigenvalue weighted by atomic mass is 10.0. The Kier molecular flexibility index (Phi) is 5.90. The fourth-order valence-corrected chi connectivity index (χ4v) is 2.62. The van der Waals surface area contributed by atoms with Gasteiger partial charge in [0.05, 0.1) is 0 Å². The molecule has 0 radical (unpaired) electrons. The number of nitrogens with one attached hydrogen (secondary N) is 1. The largest absolute Gasteiger partial charge is 0.317 e. The Hall–Kier alpha value is 0.170. The van der Waals surface area contributed by atoms with Gasteiger partial charge in [0.1, 0.15) is 0 Å². The number of rotatable bonds is 2. The van der Waals surface area contributed by atoms with E-state index in [0.29, 0.717) is 0 Å². The first-order valence-electron chi connectivity index (χ1n) is 6.07. The van der Waals surface area contributed by atoms with Gasteiger partial charge in [-0.25, -0.2) is 0 Å². The predicted molar refractivity (Wildman–Crippen MR) is 66.8 cm³/mol. The molecule has 3 nitrogen and oxygen atoms in total. The predicted octanol–water partition coefficient (Wildman–Crippen LogP) is 0.798. The zero-order chi connectivity index (χ0) is 9.80. The molecule has 2 aliphatic heterocycles. The molecular weight excluding hydrogens is 210 g/mol. The van der Waals surface area contributed by atoms with E-state index in [4.69, 9.17) is 0 Å². The van der Waals surface area contributed by atoms with Crippen LogP contribution in [0.3, 0.4) is 0 Å². The second-order valence-electron chi connectivity index (χ2n) is 4.45. The summed E-state index contributed by atoms with van der Waals surface area (Å²) in [5, 5.41) is 3.44. The van der Waals surface area contributed by atoms with Crippen molar-refractivity contribution >= 4 is 12.4 Å². The molecule has 0 saturated carbocycles. The summed E-state index contributed by atoms with van der Waals surface area (Å²) in [6, 6.07) is 0.871. The monoisotopic (exact) mass is 233 g/mol. The first-order valence-corrected chi connectivity index (χ1v) is 6.07. The molecule has 2 fully saturated rings. The van der Waals surface area contributed by atoms with Crippen LogP contribution in [0, 0.1) is 0 Å². The number of piperidine rings is 1. The zero-order valence-corrected chi connectivity index (χ0v) is 10.6. The van der Waals surface area contributed by atoms with Crippen LogP contribution in [-0.4, -0.2) is 61.7 Å². The summed E-state index contributed by atoms with van der Waals surface area (Å²) >= 11 is 0. The molecule has 2 heterocycles. The van der Waals surface area contributed by atoms with Crippen LogP contribution in [0.5, 0.6) is 0 Å². The minimum atomic E-state index is 0. The molecular formula is C11H24ClN3. The second kappa shape index (κ2) is 6.69. The molecule has 0 spiro atoms. The first kappa shape index (κ1) is 13.2. The lowest BCUT2D eigenvalue weighted by Crippen LogP contribution is -2.52. The van der Waals surface area contributed by atoms with Gasteiger partial charge >= 0.3 is 0 Å². The molecule has 1 N–H and O–H groups in total. The van der Waals surface area contributed by atoms with Gasteiger partial charge in [0.15, 0.2) is 0 Å². The van der Waals surface area contributed by atoms with Crippen molar-refractivity contribution in [2.45, 2.75) is 25.8 Å². The molecule has 0 aliphatic carbocycles. The molecule has 0 aromatic rings.